The number of aliphatic hydroxyl groups is 3. The van der Waals surface area contributed by atoms with E-state index in [0.29, 0.717) is 0 Å². The molecule has 2 aromatic rings. The van der Waals surface area contributed by atoms with Crippen molar-refractivity contribution in [3.8, 4) is 0 Å². The second kappa shape index (κ2) is 6.35. The number of pyridine rings is 1. The highest BCUT2D eigenvalue weighted by molar-refractivity contribution is 7.71. The summed E-state index contributed by atoms with van der Waals surface area (Å²) in [5.41, 5.74) is -4.06. The van der Waals surface area contributed by atoms with E-state index in [1.165, 1.54) is 0 Å². The number of rotatable bonds is 2. The zero-order valence-electron chi connectivity index (χ0n) is 12.6. The predicted molar refractivity (Wildman–Crippen MR) is 79.2 cm³/mol. The van der Waals surface area contributed by atoms with Crippen molar-refractivity contribution in [1.29, 1.82) is 0 Å². The van der Waals surface area contributed by atoms with Crippen molar-refractivity contribution in [2.45, 2.75) is 30.7 Å². The third kappa shape index (κ3) is 2.91. The van der Waals surface area contributed by atoms with Crippen LogP contribution < -0.4 is 5.43 Å². The molecule has 142 valence electrons. The summed E-state index contributed by atoms with van der Waals surface area (Å²) < 4.78 is 57.9. The molecular formula is C13H11F4N3O5S. The molecule has 0 aromatic carbocycles. The maximum absolute atomic E-state index is 13.8. The Morgan fingerprint density at radius 1 is 1.35 bits per heavy atom. The van der Waals surface area contributed by atoms with Gasteiger partial charge in [0.2, 0.25) is 10.2 Å². The van der Waals surface area contributed by atoms with Crippen molar-refractivity contribution in [2.24, 2.45) is 0 Å². The van der Waals surface area contributed by atoms with Gasteiger partial charge in [-0.25, -0.2) is 9.37 Å². The van der Waals surface area contributed by atoms with E-state index < -0.39 is 70.1 Å². The lowest BCUT2D eigenvalue weighted by molar-refractivity contribution is -0.143. The van der Waals surface area contributed by atoms with Gasteiger partial charge in [-0.3, -0.25) is 9.36 Å². The standard InChI is InChI=1S/C13H11F4N3O5S/c14-5-6(22)3-1-20(11-8(24)7(23)4(2-21)25-11)12(26)19-10(3)18-9(5)13(15,16)17/h1,4,7-8,11,21,23-24H,2H2,(H,18,19,26)/t4-,7?,8?,11-/m1/s1. The Balaban J connectivity index is 2.19. The minimum Gasteiger partial charge on any atom is -0.394 e. The second-order valence-corrected chi connectivity index (χ2v) is 5.93. The highest BCUT2D eigenvalue weighted by Crippen LogP contribution is 2.31. The number of aliphatic hydroxyl groups excluding tert-OH is 3. The van der Waals surface area contributed by atoms with E-state index in [9.17, 15) is 32.6 Å². The van der Waals surface area contributed by atoms with Gasteiger partial charge in [0.25, 0.3) is 0 Å². The van der Waals surface area contributed by atoms with Crippen molar-refractivity contribution in [3.05, 3.63) is 32.7 Å². The third-order valence-electron chi connectivity index (χ3n) is 3.93. The van der Waals surface area contributed by atoms with Crippen LogP contribution in [0, 0.1) is 10.6 Å². The van der Waals surface area contributed by atoms with Gasteiger partial charge in [-0.05, 0) is 12.2 Å². The van der Waals surface area contributed by atoms with Crippen molar-refractivity contribution < 1.29 is 37.6 Å². The molecular weight excluding hydrogens is 386 g/mol. The number of fused-ring (bicyclic) bond motifs is 1. The SMILES string of the molecule is O=c1c(F)c(C(F)(F)F)[nH]c2nc(=S)n([C@@H]3O[C@H](CO)C(O)C3O)cc12. The Hall–Kier alpha value is -1.93. The molecule has 0 spiro atoms. The van der Waals surface area contributed by atoms with Gasteiger partial charge < -0.3 is 25.0 Å². The first kappa shape index (κ1) is 18.8. The Labute approximate surface area is 146 Å². The van der Waals surface area contributed by atoms with Crippen LogP contribution in [0.4, 0.5) is 17.6 Å². The molecule has 1 saturated heterocycles. The molecule has 0 bridgehead atoms. The minimum absolute atomic E-state index is 0.400. The molecule has 0 radical (unpaired) electrons. The predicted octanol–water partition coefficient (Wildman–Crippen LogP) is 0.223. The van der Waals surface area contributed by atoms with Gasteiger partial charge in [0.1, 0.15) is 24.0 Å². The second-order valence-electron chi connectivity index (χ2n) is 5.56. The number of H-pyrrole nitrogens is 1. The van der Waals surface area contributed by atoms with Crippen LogP contribution in [-0.4, -0.2) is 54.8 Å². The number of aromatic nitrogens is 3. The number of ether oxygens (including phenoxy) is 1. The Kier molecular flexibility index (Phi) is 4.60. The fourth-order valence-corrected chi connectivity index (χ4v) is 2.87. The van der Waals surface area contributed by atoms with Crippen molar-refractivity contribution in [3.63, 3.8) is 0 Å². The number of aromatic amines is 1. The normalized spacial score (nSPS) is 26.6. The molecule has 4 atom stereocenters. The van der Waals surface area contributed by atoms with Gasteiger partial charge in [0.05, 0.1) is 12.0 Å². The lowest BCUT2D eigenvalue weighted by Gasteiger charge is -2.19. The molecule has 13 heteroatoms. The fourth-order valence-electron chi connectivity index (χ4n) is 2.62. The quantitative estimate of drug-likeness (QED) is 0.423. The highest BCUT2D eigenvalue weighted by Gasteiger charge is 2.44. The zero-order chi connectivity index (χ0) is 19.4. The monoisotopic (exact) mass is 397 g/mol. The molecule has 1 aliphatic rings. The fraction of sp³-hybridized carbons (Fsp3) is 0.462. The first-order chi connectivity index (χ1) is 12.1. The van der Waals surface area contributed by atoms with Gasteiger partial charge >= 0.3 is 6.18 Å². The van der Waals surface area contributed by atoms with Gasteiger partial charge in [-0.2, -0.15) is 13.2 Å². The molecule has 2 unspecified atom stereocenters. The van der Waals surface area contributed by atoms with Crippen LogP contribution >= 0.6 is 12.2 Å². The average molecular weight is 397 g/mol. The number of hydrogen-bond acceptors (Lipinski definition) is 7. The minimum atomic E-state index is -5.14. The summed E-state index contributed by atoms with van der Waals surface area (Å²) in [5, 5.41) is 28.3. The van der Waals surface area contributed by atoms with Gasteiger partial charge in [0.15, 0.2) is 17.7 Å². The number of halogens is 4. The molecule has 1 fully saturated rings. The maximum atomic E-state index is 13.8. The maximum Gasteiger partial charge on any atom is 0.434 e. The summed E-state index contributed by atoms with van der Waals surface area (Å²) in [7, 11) is 0. The Morgan fingerprint density at radius 3 is 2.54 bits per heavy atom. The summed E-state index contributed by atoms with van der Waals surface area (Å²) in [4.78, 5) is 17.3. The Morgan fingerprint density at radius 2 is 2.00 bits per heavy atom. The summed E-state index contributed by atoms with van der Waals surface area (Å²) in [6.45, 7) is -0.632. The van der Waals surface area contributed by atoms with E-state index in [0.717, 1.165) is 10.8 Å². The topological polar surface area (TPSA) is 121 Å². The molecule has 8 nitrogen and oxygen atoms in total. The largest absolute Gasteiger partial charge is 0.434 e. The van der Waals surface area contributed by atoms with E-state index in [4.69, 9.17) is 22.1 Å². The number of hydrogen-bond donors (Lipinski definition) is 4. The van der Waals surface area contributed by atoms with Gasteiger partial charge in [0, 0.05) is 6.20 Å². The van der Waals surface area contributed by atoms with Crippen molar-refractivity contribution >= 4 is 23.3 Å². The Bertz CT molecular complexity index is 975. The van der Waals surface area contributed by atoms with Crippen LogP contribution in [0.5, 0.6) is 0 Å². The van der Waals surface area contributed by atoms with Gasteiger partial charge in [-0.15, -0.1) is 0 Å². The van der Waals surface area contributed by atoms with Crippen LogP contribution in [0.25, 0.3) is 11.0 Å². The smallest absolute Gasteiger partial charge is 0.394 e. The third-order valence-corrected chi connectivity index (χ3v) is 4.24. The summed E-state index contributed by atoms with van der Waals surface area (Å²) in [5.74, 6) is -2.04. The lowest BCUT2D eigenvalue weighted by atomic mass is 10.1. The summed E-state index contributed by atoms with van der Waals surface area (Å²) in [6.07, 6.45) is -9.86. The van der Waals surface area contributed by atoms with Gasteiger partial charge in [-0.1, -0.05) is 0 Å². The first-order valence-corrected chi connectivity index (χ1v) is 7.51. The number of nitrogens with zero attached hydrogens (tertiary/aromatic N) is 2. The summed E-state index contributed by atoms with van der Waals surface area (Å²) in [6, 6.07) is 0. The molecule has 26 heavy (non-hydrogen) atoms. The molecule has 0 saturated carbocycles. The molecule has 3 rings (SSSR count). The molecule has 1 aliphatic heterocycles. The van der Waals surface area contributed by atoms with Crippen LogP contribution in [-0.2, 0) is 10.9 Å². The van der Waals surface area contributed by atoms with Crippen LogP contribution in [0.2, 0.25) is 0 Å². The molecule has 2 aromatic heterocycles. The van der Waals surface area contributed by atoms with E-state index in [1.807, 2.05) is 0 Å². The van der Waals surface area contributed by atoms with E-state index in [1.54, 1.807) is 4.98 Å². The average Bonchev–Trinajstić information content (AvgIpc) is 2.84. The van der Waals surface area contributed by atoms with E-state index in [2.05, 4.69) is 4.98 Å². The molecule has 3 heterocycles. The van der Waals surface area contributed by atoms with Crippen molar-refractivity contribution in [1.82, 2.24) is 14.5 Å². The zero-order valence-corrected chi connectivity index (χ0v) is 13.4. The molecule has 0 aliphatic carbocycles. The van der Waals surface area contributed by atoms with Crippen LogP contribution in [0.15, 0.2) is 11.0 Å². The number of alkyl halides is 3. The number of nitrogens with one attached hydrogen (secondary N) is 1. The first-order valence-electron chi connectivity index (χ1n) is 7.10. The van der Waals surface area contributed by atoms with Crippen LogP contribution in [0.3, 0.4) is 0 Å². The highest BCUT2D eigenvalue weighted by atomic mass is 32.1. The van der Waals surface area contributed by atoms with E-state index in [-0.39, 0.29) is 0 Å². The summed E-state index contributed by atoms with van der Waals surface area (Å²) >= 11 is 4.91. The molecule has 4 N–H and O–H groups in total. The van der Waals surface area contributed by atoms with E-state index >= 15 is 0 Å². The lowest BCUT2D eigenvalue weighted by Crippen LogP contribution is -2.33. The van der Waals surface area contributed by atoms with Crippen LogP contribution in [0.1, 0.15) is 11.9 Å². The molecule has 0 amide bonds. The van der Waals surface area contributed by atoms with Crippen molar-refractivity contribution in [2.75, 3.05) is 6.61 Å².